The number of methoxy groups -OCH3 is 1. The highest BCUT2D eigenvalue weighted by atomic mass is 16.5. The van der Waals surface area contributed by atoms with Gasteiger partial charge in [0.15, 0.2) is 0 Å². The zero-order chi connectivity index (χ0) is 22.8. The van der Waals surface area contributed by atoms with Crippen molar-refractivity contribution in [1.82, 2.24) is 0 Å². The number of carbonyl (C=O) groups excluding carboxylic acids is 3. The second-order valence-corrected chi connectivity index (χ2v) is 7.95. The van der Waals surface area contributed by atoms with Crippen LogP contribution in [0.1, 0.15) is 40.9 Å². The third-order valence-corrected chi connectivity index (χ3v) is 5.95. The highest BCUT2D eigenvalue weighted by Gasteiger charge is 2.36. The molecular formula is C23H24N4O5. The summed E-state index contributed by atoms with van der Waals surface area (Å²) in [6.45, 7) is 3.81. The fourth-order valence-electron chi connectivity index (χ4n) is 4.25. The van der Waals surface area contributed by atoms with Crippen molar-refractivity contribution in [3.8, 4) is 6.07 Å². The number of carbonyl (C=O) groups is 3. The Bertz CT molecular complexity index is 1090. The first kappa shape index (κ1) is 21.4. The number of ether oxygens (including phenoxy) is 1. The van der Waals surface area contributed by atoms with Gasteiger partial charge in [-0.3, -0.25) is 14.9 Å². The average Bonchev–Trinajstić information content (AvgIpc) is 3.52. The van der Waals surface area contributed by atoms with Gasteiger partial charge in [0, 0.05) is 37.4 Å². The second-order valence-electron chi connectivity index (χ2n) is 7.95. The summed E-state index contributed by atoms with van der Waals surface area (Å²) >= 11 is 0. The molecule has 0 aliphatic carbocycles. The summed E-state index contributed by atoms with van der Waals surface area (Å²) in [5.74, 6) is -1.87. The molecule has 0 radical (unpaired) electrons. The number of nitrogens with one attached hydrogen (secondary N) is 1. The number of amides is 2. The predicted octanol–water partition coefficient (Wildman–Crippen LogP) is 2.84. The fourth-order valence-corrected chi connectivity index (χ4v) is 4.25. The first-order valence-corrected chi connectivity index (χ1v) is 10.5. The zero-order valence-electron chi connectivity index (χ0n) is 18.0. The molecule has 1 unspecified atom stereocenters. The molecule has 0 spiro atoms. The van der Waals surface area contributed by atoms with Crippen molar-refractivity contribution < 1.29 is 23.5 Å². The van der Waals surface area contributed by atoms with Crippen molar-refractivity contribution in [3.63, 3.8) is 0 Å². The molecule has 1 aromatic carbocycles. The van der Waals surface area contributed by atoms with E-state index in [1.807, 2.05) is 30.3 Å². The van der Waals surface area contributed by atoms with Crippen LogP contribution in [-0.4, -0.2) is 44.5 Å². The lowest BCUT2D eigenvalue weighted by Gasteiger charge is -2.20. The van der Waals surface area contributed by atoms with Gasteiger partial charge in [-0.25, -0.2) is 4.79 Å². The van der Waals surface area contributed by atoms with Gasteiger partial charge >= 0.3 is 5.97 Å². The lowest BCUT2D eigenvalue weighted by molar-refractivity contribution is -0.122. The van der Waals surface area contributed by atoms with Crippen molar-refractivity contribution in [3.05, 3.63) is 41.2 Å². The molecule has 32 heavy (non-hydrogen) atoms. The van der Waals surface area contributed by atoms with Crippen molar-refractivity contribution >= 4 is 35.0 Å². The van der Waals surface area contributed by atoms with E-state index >= 15 is 0 Å². The topological polar surface area (TPSA) is 116 Å². The molecule has 2 saturated heterocycles. The number of hydrogen-bond donors (Lipinski definition) is 1. The molecule has 3 heterocycles. The number of nitriles is 1. The Balaban J connectivity index is 1.46. The van der Waals surface area contributed by atoms with Gasteiger partial charge in [-0.2, -0.15) is 5.26 Å². The van der Waals surface area contributed by atoms with Crippen LogP contribution in [-0.2, 0) is 14.3 Å². The highest BCUT2D eigenvalue weighted by molar-refractivity contribution is 6.04. The first-order valence-electron chi connectivity index (χ1n) is 10.5. The van der Waals surface area contributed by atoms with Gasteiger partial charge in [-0.05, 0) is 44.0 Å². The minimum Gasteiger partial charge on any atom is -0.465 e. The smallest absolute Gasteiger partial charge is 0.342 e. The molecule has 1 atom stereocenters. The van der Waals surface area contributed by atoms with Crippen LogP contribution in [0.4, 0.5) is 17.3 Å². The van der Waals surface area contributed by atoms with Gasteiger partial charge in [0.25, 0.3) is 0 Å². The Morgan fingerprint density at radius 2 is 1.84 bits per heavy atom. The van der Waals surface area contributed by atoms with E-state index in [1.165, 1.54) is 26.9 Å². The van der Waals surface area contributed by atoms with E-state index in [1.54, 1.807) is 4.90 Å². The van der Waals surface area contributed by atoms with Gasteiger partial charge < -0.3 is 19.0 Å². The van der Waals surface area contributed by atoms with Gasteiger partial charge in [-0.15, -0.1) is 0 Å². The maximum absolute atomic E-state index is 12.8. The van der Waals surface area contributed by atoms with Gasteiger partial charge in [0.05, 0.1) is 13.0 Å². The van der Waals surface area contributed by atoms with Crippen molar-refractivity contribution in [1.29, 1.82) is 5.26 Å². The average molecular weight is 436 g/mol. The van der Waals surface area contributed by atoms with Gasteiger partial charge in [0.2, 0.25) is 17.7 Å². The molecule has 4 rings (SSSR count). The van der Waals surface area contributed by atoms with E-state index in [0.717, 1.165) is 24.5 Å². The molecule has 2 amide bonds. The molecule has 2 aromatic rings. The van der Waals surface area contributed by atoms with Crippen LogP contribution in [0.5, 0.6) is 0 Å². The predicted molar refractivity (Wildman–Crippen MR) is 116 cm³/mol. The number of aryl methyl sites for hydroxylation is 1. The summed E-state index contributed by atoms with van der Waals surface area (Å²) in [5, 5.41) is 12.0. The van der Waals surface area contributed by atoms with Crippen molar-refractivity contribution in [2.75, 3.05) is 41.9 Å². The van der Waals surface area contributed by atoms with E-state index in [9.17, 15) is 19.6 Å². The Morgan fingerprint density at radius 3 is 2.47 bits per heavy atom. The molecule has 1 aromatic heterocycles. The molecule has 9 heteroatoms. The van der Waals surface area contributed by atoms with Crippen LogP contribution in [0.15, 0.2) is 28.7 Å². The highest BCUT2D eigenvalue weighted by Crippen LogP contribution is 2.31. The Hall–Kier alpha value is -3.80. The van der Waals surface area contributed by atoms with Gasteiger partial charge in [-0.1, -0.05) is 0 Å². The minimum atomic E-state index is -0.720. The Morgan fingerprint density at radius 1 is 1.19 bits per heavy atom. The SMILES string of the molecule is COC(=O)c1c(C)oc(NC(=O)C2CC(=O)N(c3ccc(N4CCCC4)cc3)C2)c1C#N. The second kappa shape index (κ2) is 8.75. The van der Waals surface area contributed by atoms with Crippen molar-refractivity contribution in [2.45, 2.75) is 26.2 Å². The van der Waals surface area contributed by atoms with Crippen LogP contribution in [0, 0.1) is 24.2 Å². The molecule has 2 aliphatic rings. The Kier molecular flexibility index (Phi) is 5.86. The van der Waals surface area contributed by atoms with E-state index in [-0.39, 0.29) is 41.6 Å². The largest absolute Gasteiger partial charge is 0.465 e. The summed E-state index contributed by atoms with van der Waals surface area (Å²) in [6.07, 6.45) is 2.42. The molecular weight excluding hydrogens is 412 g/mol. The monoisotopic (exact) mass is 436 g/mol. The van der Waals surface area contributed by atoms with E-state index < -0.39 is 17.8 Å². The fraction of sp³-hybridized carbons (Fsp3) is 0.391. The quantitative estimate of drug-likeness (QED) is 0.717. The minimum absolute atomic E-state index is 0.0208. The summed E-state index contributed by atoms with van der Waals surface area (Å²) in [6, 6.07) is 9.68. The number of hydrogen-bond acceptors (Lipinski definition) is 7. The number of nitrogens with zero attached hydrogens (tertiary/aromatic N) is 3. The van der Waals surface area contributed by atoms with Crippen LogP contribution in [0.3, 0.4) is 0 Å². The third-order valence-electron chi connectivity index (χ3n) is 5.95. The summed E-state index contributed by atoms with van der Waals surface area (Å²) < 4.78 is 10.1. The number of esters is 1. The molecule has 166 valence electrons. The van der Waals surface area contributed by atoms with E-state index in [2.05, 4.69) is 15.0 Å². The first-order chi connectivity index (χ1) is 15.4. The van der Waals surface area contributed by atoms with E-state index in [4.69, 9.17) is 4.42 Å². The third kappa shape index (κ3) is 3.91. The van der Waals surface area contributed by atoms with Gasteiger partial charge in [0.1, 0.15) is 23.0 Å². The summed E-state index contributed by atoms with van der Waals surface area (Å²) in [7, 11) is 1.20. The lowest BCUT2D eigenvalue weighted by Crippen LogP contribution is -2.28. The number of anilines is 3. The standard InChI is InChI=1S/C23H24N4O5/c1-14-20(23(30)31-2)18(12-24)22(32-14)25-21(29)15-11-19(28)27(13-15)17-7-5-16(6-8-17)26-9-3-4-10-26/h5-8,15H,3-4,9-11,13H2,1-2H3,(H,25,29). The zero-order valence-corrected chi connectivity index (χ0v) is 18.0. The number of furan rings is 1. The maximum Gasteiger partial charge on any atom is 0.342 e. The number of benzene rings is 1. The number of rotatable bonds is 5. The molecule has 0 bridgehead atoms. The van der Waals surface area contributed by atoms with E-state index in [0.29, 0.717) is 0 Å². The van der Waals surface area contributed by atoms with Crippen LogP contribution in [0.25, 0.3) is 0 Å². The van der Waals surface area contributed by atoms with Crippen LogP contribution in [0.2, 0.25) is 0 Å². The molecule has 0 saturated carbocycles. The maximum atomic E-state index is 12.8. The van der Waals surface area contributed by atoms with Crippen LogP contribution >= 0.6 is 0 Å². The molecule has 2 aliphatic heterocycles. The van der Waals surface area contributed by atoms with Crippen LogP contribution < -0.4 is 15.1 Å². The summed E-state index contributed by atoms with van der Waals surface area (Å²) in [5.41, 5.74) is 1.76. The molecule has 2 fully saturated rings. The lowest BCUT2D eigenvalue weighted by atomic mass is 10.1. The van der Waals surface area contributed by atoms with Crippen molar-refractivity contribution in [2.24, 2.45) is 5.92 Å². The normalized spacial score (nSPS) is 18.0. The summed E-state index contributed by atoms with van der Waals surface area (Å²) in [4.78, 5) is 41.2. The molecule has 1 N–H and O–H groups in total. The molecule has 9 nitrogen and oxygen atoms in total. The Labute approximate surface area is 185 Å².